The molecule has 27 heavy (non-hydrogen) atoms. The highest BCUT2D eigenvalue weighted by Gasteiger charge is 2.16. The number of hydrogen-bond donors (Lipinski definition) is 0. The number of Topliss-reactive ketones (excluding diaryl/α,β-unsaturated/α-hetero) is 1. The van der Waals surface area contributed by atoms with E-state index in [-0.39, 0.29) is 12.4 Å². The molecule has 0 saturated carbocycles. The van der Waals surface area contributed by atoms with Crippen LogP contribution >= 0.6 is 0 Å². The van der Waals surface area contributed by atoms with Gasteiger partial charge in [-0.2, -0.15) is 0 Å². The maximum absolute atomic E-state index is 12.3. The average molecular weight is 372 g/mol. The summed E-state index contributed by atoms with van der Waals surface area (Å²) in [7, 11) is 2.98. The summed E-state index contributed by atoms with van der Waals surface area (Å²) in [5.41, 5.74) is 3.33. The van der Waals surface area contributed by atoms with E-state index in [1.807, 2.05) is 32.9 Å². The van der Waals surface area contributed by atoms with Gasteiger partial charge in [0.1, 0.15) is 17.2 Å². The Hall–Kier alpha value is -3.02. The molecule has 0 saturated heterocycles. The van der Waals surface area contributed by atoms with Crippen molar-refractivity contribution in [3.63, 3.8) is 0 Å². The van der Waals surface area contributed by atoms with Crippen LogP contribution in [0.1, 0.15) is 27.0 Å². The Morgan fingerprint density at radius 3 is 2.15 bits per heavy atom. The Bertz CT molecular complexity index is 818. The molecule has 2 aromatic carbocycles. The van der Waals surface area contributed by atoms with Crippen molar-refractivity contribution >= 4 is 11.8 Å². The van der Waals surface area contributed by atoms with Crippen molar-refractivity contribution in [2.45, 2.75) is 20.8 Å². The lowest BCUT2D eigenvalue weighted by molar-refractivity contribution is -0.144. The third kappa shape index (κ3) is 5.23. The van der Waals surface area contributed by atoms with Gasteiger partial charge in [0.15, 0.2) is 13.2 Å². The molecule has 0 unspecified atom stereocenters. The number of esters is 1. The van der Waals surface area contributed by atoms with Crippen molar-refractivity contribution in [1.29, 1.82) is 0 Å². The number of hydrogen-bond acceptors (Lipinski definition) is 6. The molecule has 0 radical (unpaired) electrons. The fourth-order valence-corrected chi connectivity index (χ4v) is 2.82. The zero-order valence-corrected chi connectivity index (χ0v) is 16.3. The van der Waals surface area contributed by atoms with Gasteiger partial charge in [-0.15, -0.1) is 0 Å². The standard InChI is InChI=1S/C21H24O6/c1-13-8-14(2)21(15(3)9-13)27-12-20(23)26-11-18(22)17-7-6-16(24-4)10-19(17)25-5/h6-10H,11-12H2,1-5H3. The number of ether oxygens (including phenoxy) is 4. The lowest BCUT2D eigenvalue weighted by Crippen LogP contribution is -2.20. The molecule has 6 heteroatoms. The summed E-state index contributed by atoms with van der Waals surface area (Å²) in [5, 5.41) is 0. The van der Waals surface area contributed by atoms with Crippen LogP contribution in [-0.4, -0.2) is 39.2 Å². The Labute approximate surface area is 159 Å². The van der Waals surface area contributed by atoms with Gasteiger partial charge in [0.2, 0.25) is 5.78 Å². The molecule has 0 spiro atoms. The minimum Gasteiger partial charge on any atom is -0.497 e. The lowest BCUT2D eigenvalue weighted by Gasteiger charge is -2.13. The molecular formula is C21H24O6. The van der Waals surface area contributed by atoms with Gasteiger partial charge in [-0.25, -0.2) is 4.79 Å². The van der Waals surface area contributed by atoms with Crippen LogP contribution in [0.2, 0.25) is 0 Å². The molecule has 0 amide bonds. The van der Waals surface area contributed by atoms with Gasteiger partial charge in [-0.05, 0) is 44.0 Å². The molecule has 0 fully saturated rings. The van der Waals surface area contributed by atoms with Gasteiger partial charge < -0.3 is 18.9 Å². The Balaban J connectivity index is 1.93. The number of carbonyl (C=O) groups is 2. The molecule has 0 aromatic heterocycles. The topological polar surface area (TPSA) is 71.1 Å². The Morgan fingerprint density at radius 1 is 0.889 bits per heavy atom. The summed E-state index contributed by atoms with van der Waals surface area (Å²) in [6, 6.07) is 8.77. The third-order valence-electron chi connectivity index (χ3n) is 4.01. The summed E-state index contributed by atoms with van der Waals surface area (Å²) in [6.07, 6.45) is 0. The largest absolute Gasteiger partial charge is 0.497 e. The van der Waals surface area contributed by atoms with Crippen molar-refractivity contribution in [3.8, 4) is 17.2 Å². The molecule has 6 nitrogen and oxygen atoms in total. The number of aryl methyl sites for hydroxylation is 3. The normalized spacial score (nSPS) is 10.3. The second-order valence-electron chi connectivity index (χ2n) is 6.17. The average Bonchev–Trinajstić information content (AvgIpc) is 2.64. The van der Waals surface area contributed by atoms with E-state index in [9.17, 15) is 9.59 Å². The number of methoxy groups -OCH3 is 2. The first-order valence-corrected chi connectivity index (χ1v) is 8.47. The quantitative estimate of drug-likeness (QED) is 0.522. The van der Waals surface area contributed by atoms with Crippen LogP contribution in [0.25, 0.3) is 0 Å². The molecule has 0 bridgehead atoms. The van der Waals surface area contributed by atoms with Crippen LogP contribution < -0.4 is 14.2 Å². The van der Waals surface area contributed by atoms with E-state index in [4.69, 9.17) is 18.9 Å². The molecule has 0 heterocycles. The number of benzene rings is 2. The first kappa shape index (κ1) is 20.3. The van der Waals surface area contributed by atoms with Crippen molar-refractivity contribution in [2.75, 3.05) is 27.4 Å². The summed E-state index contributed by atoms with van der Waals surface area (Å²) in [6.45, 7) is 5.17. The van der Waals surface area contributed by atoms with Crippen molar-refractivity contribution in [2.24, 2.45) is 0 Å². The minimum atomic E-state index is -0.616. The van der Waals surface area contributed by atoms with E-state index in [0.29, 0.717) is 22.8 Å². The number of rotatable bonds is 8. The lowest BCUT2D eigenvalue weighted by atomic mass is 10.1. The third-order valence-corrected chi connectivity index (χ3v) is 4.01. The molecule has 144 valence electrons. The van der Waals surface area contributed by atoms with E-state index in [1.165, 1.54) is 14.2 Å². The van der Waals surface area contributed by atoms with Crippen LogP contribution in [0.4, 0.5) is 0 Å². The summed E-state index contributed by atoms with van der Waals surface area (Å²) in [5.74, 6) is 0.594. The summed E-state index contributed by atoms with van der Waals surface area (Å²) < 4.78 is 20.9. The molecule has 2 aromatic rings. The summed E-state index contributed by atoms with van der Waals surface area (Å²) in [4.78, 5) is 24.3. The van der Waals surface area contributed by atoms with Crippen LogP contribution in [0.3, 0.4) is 0 Å². The SMILES string of the molecule is COc1ccc(C(=O)COC(=O)COc2c(C)cc(C)cc2C)c(OC)c1. The fraction of sp³-hybridized carbons (Fsp3) is 0.333. The fourth-order valence-electron chi connectivity index (χ4n) is 2.82. The Morgan fingerprint density at radius 2 is 1.56 bits per heavy atom. The maximum atomic E-state index is 12.3. The van der Waals surface area contributed by atoms with Crippen LogP contribution in [0, 0.1) is 20.8 Å². The zero-order chi connectivity index (χ0) is 20.0. The molecule has 0 aliphatic heterocycles. The van der Waals surface area contributed by atoms with E-state index in [0.717, 1.165) is 16.7 Å². The van der Waals surface area contributed by atoms with Crippen LogP contribution in [0.15, 0.2) is 30.3 Å². The molecule has 0 aliphatic carbocycles. The molecule has 0 aliphatic rings. The highest BCUT2D eigenvalue weighted by atomic mass is 16.6. The van der Waals surface area contributed by atoms with Crippen LogP contribution in [-0.2, 0) is 9.53 Å². The molecule has 0 atom stereocenters. The Kier molecular flexibility index (Phi) is 6.82. The summed E-state index contributed by atoms with van der Waals surface area (Å²) >= 11 is 0. The predicted octanol–water partition coefficient (Wildman–Crippen LogP) is 3.43. The van der Waals surface area contributed by atoms with Gasteiger partial charge >= 0.3 is 5.97 Å². The first-order chi connectivity index (χ1) is 12.8. The molecular weight excluding hydrogens is 348 g/mol. The highest BCUT2D eigenvalue weighted by Crippen LogP contribution is 2.26. The van der Waals surface area contributed by atoms with E-state index in [1.54, 1.807) is 18.2 Å². The van der Waals surface area contributed by atoms with E-state index in [2.05, 4.69) is 0 Å². The van der Waals surface area contributed by atoms with Gasteiger partial charge in [0.05, 0.1) is 19.8 Å². The van der Waals surface area contributed by atoms with Crippen molar-refractivity contribution in [3.05, 3.63) is 52.6 Å². The predicted molar refractivity (Wildman–Crippen MR) is 101 cm³/mol. The van der Waals surface area contributed by atoms with E-state index < -0.39 is 12.6 Å². The smallest absolute Gasteiger partial charge is 0.344 e. The first-order valence-electron chi connectivity index (χ1n) is 8.47. The monoisotopic (exact) mass is 372 g/mol. The second-order valence-corrected chi connectivity index (χ2v) is 6.17. The van der Waals surface area contributed by atoms with Crippen LogP contribution in [0.5, 0.6) is 17.2 Å². The number of ketones is 1. The zero-order valence-electron chi connectivity index (χ0n) is 16.3. The van der Waals surface area contributed by atoms with Gasteiger partial charge in [0.25, 0.3) is 0 Å². The highest BCUT2D eigenvalue weighted by molar-refractivity contribution is 6.00. The van der Waals surface area contributed by atoms with E-state index >= 15 is 0 Å². The van der Waals surface area contributed by atoms with Crippen molar-refractivity contribution in [1.82, 2.24) is 0 Å². The number of carbonyl (C=O) groups excluding carboxylic acids is 2. The van der Waals surface area contributed by atoms with Crippen molar-refractivity contribution < 1.29 is 28.5 Å². The van der Waals surface area contributed by atoms with Gasteiger partial charge in [-0.1, -0.05) is 17.7 Å². The second kappa shape index (κ2) is 9.07. The van der Waals surface area contributed by atoms with Gasteiger partial charge in [-0.3, -0.25) is 4.79 Å². The molecule has 2 rings (SSSR count). The van der Waals surface area contributed by atoms with Gasteiger partial charge in [0, 0.05) is 6.07 Å². The maximum Gasteiger partial charge on any atom is 0.344 e. The molecule has 0 N–H and O–H groups in total. The minimum absolute atomic E-state index is 0.266.